The van der Waals surface area contributed by atoms with Crippen molar-refractivity contribution in [2.75, 3.05) is 11.7 Å². The van der Waals surface area contributed by atoms with Crippen LogP contribution in [-0.4, -0.2) is 44.7 Å². The smallest absolute Gasteiger partial charge is 0.330 e. The zero-order valence-electron chi connectivity index (χ0n) is 18.8. The van der Waals surface area contributed by atoms with Crippen molar-refractivity contribution in [1.82, 2.24) is 9.55 Å². The van der Waals surface area contributed by atoms with Gasteiger partial charge in [-0.15, -0.1) is 0 Å². The van der Waals surface area contributed by atoms with Gasteiger partial charge in [0.25, 0.3) is 29.0 Å². The molecule has 1 aliphatic rings. The second-order valence-electron chi connectivity index (χ2n) is 7.42. The first-order chi connectivity index (χ1) is 17.9. The van der Waals surface area contributed by atoms with Crippen molar-refractivity contribution in [3.63, 3.8) is 0 Å². The molecule has 1 fully saturated rings. The summed E-state index contributed by atoms with van der Waals surface area (Å²) in [6, 6.07) is 7.46. The van der Waals surface area contributed by atoms with E-state index in [4.69, 9.17) is 4.74 Å². The van der Waals surface area contributed by atoms with E-state index in [0.717, 1.165) is 12.3 Å². The number of aliphatic hydroxyl groups excluding tert-OH is 2. The lowest BCUT2D eigenvalue weighted by Crippen LogP contribution is -2.37. The Morgan fingerprint density at radius 1 is 0.897 bits per heavy atom. The molecule has 8 atom stereocenters. The van der Waals surface area contributed by atoms with Gasteiger partial charge in [0.15, 0.2) is 6.23 Å². The van der Waals surface area contributed by atoms with E-state index in [9.17, 15) is 57.6 Å². The second-order valence-corrected chi connectivity index (χ2v) is 13.5. The van der Waals surface area contributed by atoms with Crippen molar-refractivity contribution in [1.29, 1.82) is 0 Å². The highest BCUT2D eigenvalue weighted by atomic mass is 31.3. The van der Waals surface area contributed by atoms with Gasteiger partial charge in [-0.05, 0) is 12.1 Å². The summed E-state index contributed by atoms with van der Waals surface area (Å²) >= 11 is 0. The second kappa shape index (κ2) is 12.0. The van der Waals surface area contributed by atoms with Crippen LogP contribution in [0.2, 0.25) is 0 Å². The molecule has 0 radical (unpaired) electrons. The molecule has 2 aromatic rings. The highest BCUT2D eigenvalue weighted by Gasteiger charge is 2.44. The fourth-order valence-corrected chi connectivity index (χ4v) is 7.94. The van der Waals surface area contributed by atoms with Crippen molar-refractivity contribution in [2.24, 2.45) is 0 Å². The molecule has 39 heavy (non-hydrogen) atoms. The van der Waals surface area contributed by atoms with Gasteiger partial charge in [0.05, 0.1) is 6.61 Å². The molecular weight excluding hydrogens is 618 g/mol. The minimum Gasteiger partial charge on any atom is -0.761 e. The molecule has 24 heteroatoms. The molecule has 0 spiro atoms. The van der Waals surface area contributed by atoms with Crippen LogP contribution < -0.4 is 35.9 Å². The molecule has 1 saturated heterocycles. The summed E-state index contributed by atoms with van der Waals surface area (Å²) in [5, 5.41) is 21.8. The van der Waals surface area contributed by atoms with Crippen molar-refractivity contribution in [3.05, 3.63) is 63.4 Å². The van der Waals surface area contributed by atoms with Crippen LogP contribution >= 0.6 is 31.2 Å². The summed E-state index contributed by atoms with van der Waals surface area (Å²) < 4.78 is 68.0. The van der Waals surface area contributed by atoms with Crippen LogP contribution in [0.25, 0.3) is 0 Å². The Hall–Kier alpha value is -1.82. The highest BCUT2D eigenvalue weighted by molar-refractivity contribution is 7.69. The third-order valence-electron chi connectivity index (χ3n) is 4.51. The average molecular weight is 635 g/mol. The molecule has 2 heterocycles. The van der Waals surface area contributed by atoms with E-state index >= 15 is 0 Å². The number of hydrogen-bond donors (Lipinski definition) is 4. The Labute approximate surface area is 216 Å². The first-order valence-corrected chi connectivity index (χ1v) is 16.0. The molecule has 4 N–H and O–H groups in total. The van der Waals surface area contributed by atoms with E-state index in [2.05, 4.69) is 17.5 Å². The number of ether oxygens (including phenoxy) is 1. The number of rotatable bonds is 12. The van der Waals surface area contributed by atoms with E-state index in [1.54, 1.807) is 5.09 Å². The lowest BCUT2D eigenvalue weighted by molar-refractivity contribution is -0.251. The van der Waals surface area contributed by atoms with Gasteiger partial charge < -0.3 is 44.1 Å². The zero-order valence-corrected chi connectivity index (χ0v) is 22.4. The summed E-state index contributed by atoms with van der Waals surface area (Å²) in [4.78, 5) is 72.2. The topological polar surface area (TPSA) is 314 Å². The van der Waals surface area contributed by atoms with Crippen LogP contribution in [0.4, 0.5) is 5.69 Å². The average Bonchev–Trinajstić information content (AvgIpc) is 3.04. The minimum absolute atomic E-state index is 0.177. The number of phosphoric ester groups is 1. The fourth-order valence-electron chi connectivity index (χ4n) is 3.01. The van der Waals surface area contributed by atoms with E-state index in [0.29, 0.717) is 4.57 Å². The number of benzene rings is 1. The van der Waals surface area contributed by atoms with Crippen LogP contribution in [0, 0.1) is 0 Å². The summed E-state index contributed by atoms with van der Waals surface area (Å²) in [7, 11) is -24.3. The van der Waals surface area contributed by atoms with Crippen LogP contribution in [0.3, 0.4) is 0 Å². The van der Waals surface area contributed by atoms with Gasteiger partial charge in [0, 0.05) is 18.0 Å². The molecule has 5 unspecified atom stereocenters. The van der Waals surface area contributed by atoms with E-state index in [1.807, 2.05) is 4.98 Å². The predicted octanol–water partition coefficient (Wildman–Crippen LogP) is -2.79. The van der Waals surface area contributed by atoms with Gasteiger partial charge in [-0.3, -0.25) is 36.9 Å². The molecule has 0 aliphatic carbocycles. The number of nitrogens with one attached hydrogen (secondary N) is 2. The Morgan fingerprint density at radius 3 is 2.10 bits per heavy atom. The number of aromatic amines is 1. The van der Waals surface area contributed by atoms with Gasteiger partial charge in [0.1, 0.15) is 18.3 Å². The van der Waals surface area contributed by atoms with Crippen molar-refractivity contribution in [2.45, 2.75) is 24.5 Å². The summed E-state index contributed by atoms with van der Waals surface area (Å²) in [5.41, 5.74) is -2.03. The number of aliphatic hydroxyl groups is 2. The quantitative estimate of drug-likeness (QED) is 0.171. The maximum absolute atomic E-state index is 11.9. The van der Waals surface area contributed by atoms with Crippen molar-refractivity contribution < 1.29 is 70.2 Å². The lowest BCUT2D eigenvalue weighted by atomic mass is 10.1. The normalized spacial score (nSPS) is 27.5. The number of para-hydroxylation sites is 1. The monoisotopic (exact) mass is 635 g/mol. The number of nitrogens with zero attached hydrogens (tertiary/aromatic N) is 1. The number of anilines is 1. The van der Waals surface area contributed by atoms with Crippen molar-refractivity contribution in [3.8, 4) is 0 Å². The maximum Gasteiger partial charge on any atom is 0.330 e. The van der Waals surface area contributed by atoms with E-state index < -0.39 is 73.6 Å². The largest absolute Gasteiger partial charge is 0.761 e. The first-order valence-electron chi connectivity index (χ1n) is 10.1. The Morgan fingerprint density at radius 2 is 1.49 bits per heavy atom. The van der Waals surface area contributed by atoms with Crippen LogP contribution in [-0.2, 0) is 40.5 Å². The Balaban J connectivity index is 1.59. The van der Waals surface area contributed by atoms with E-state index in [-0.39, 0.29) is 5.69 Å². The maximum atomic E-state index is 11.9. The molecule has 0 bridgehead atoms. The van der Waals surface area contributed by atoms with Gasteiger partial charge in [0.2, 0.25) is 7.75 Å². The lowest BCUT2D eigenvalue weighted by Gasteiger charge is -2.36. The Kier molecular flexibility index (Phi) is 9.73. The Bertz CT molecular complexity index is 1480. The SMILES string of the molecule is O=c1ccn([C@@H]2O[C@H](COP(=O)([O-])OP(=O)([O-])OP(=O)([O-])OP(=O)([O-])Nc3ccccc3)[C@H](O)C2O)c(=O)[nH]1. The van der Waals surface area contributed by atoms with Crippen LogP contribution in [0.15, 0.2) is 52.2 Å². The summed E-state index contributed by atoms with van der Waals surface area (Å²) in [6.45, 7) is -1.24. The van der Waals surface area contributed by atoms with Gasteiger partial charge >= 0.3 is 5.69 Å². The van der Waals surface area contributed by atoms with Crippen molar-refractivity contribution >= 4 is 36.9 Å². The predicted molar refractivity (Wildman–Crippen MR) is 117 cm³/mol. The molecule has 218 valence electrons. The number of aromatic nitrogens is 2. The number of phosphoric acid groups is 3. The number of H-pyrrole nitrogens is 1. The van der Waals surface area contributed by atoms with Crippen LogP contribution in [0.5, 0.6) is 0 Å². The molecule has 3 rings (SSSR count). The fraction of sp³-hybridized carbons (Fsp3) is 0.333. The zero-order chi connectivity index (χ0) is 29.2. The molecule has 1 aromatic carbocycles. The summed E-state index contributed by atoms with van der Waals surface area (Å²) in [6.07, 6.45) is -6.25. The summed E-state index contributed by atoms with van der Waals surface area (Å²) in [5.74, 6) is 0. The van der Waals surface area contributed by atoms with Crippen LogP contribution in [0.1, 0.15) is 6.23 Å². The highest BCUT2D eigenvalue weighted by Crippen LogP contribution is 2.66. The first kappa shape index (κ1) is 31.7. The minimum atomic E-state index is -6.43. The molecule has 1 aliphatic heterocycles. The van der Waals surface area contributed by atoms with Gasteiger partial charge in [-0.25, -0.2) is 13.4 Å². The third kappa shape index (κ3) is 9.09. The molecule has 20 nitrogen and oxygen atoms in total. The third-order valence-corrected chi connectivity index (χ3v) is 10.4. The standard InChI is InChI=1S/C15H21N3O17P4/c19-11-6-7-18(15(22)16-11)14-13(21)12(20)10(32-14)8-31-37(25,26)34-39(29,30)35-38(27,28)33-36(23,24)17-9-4-2-1-3-5-9/h1-7,10,12-14,20-21H,8H2,(H,25,26)(H,27,28)(H,29,30)(H,16,19,22)(H2,17,23,24)/p-4/t10-,12+,13?,14-/m1/s1. The molecular formula is C15H17N3O17P4-4. The number of hydrogen-bond acceptors (Lipinski definition) is 17. The van der Waals surface area contributed by atoms with Gasteiger partial charge in [-0.1, -0.05) is 18.2 Å². The molecule has 0 saturated carbocycles. The molecule has 1 aromatic heterocycles. The van der Waals surface area contributed by atoms with E-state index in [1.165, 1.54) is 30.3 Å². The van der Waals surface area contributed by atoms with Gasteiger partial charge in [-0.2, -0.15) is 0 Å². The molecule has 0 amide bonds.